The number of ether oxygens (including phenoxy) is 1. The van der Waals surface area contributed by atoms with E-state index in [2.05, 4.69) is 5.32 Å². The molecule has 0 aromatic heterocycles. The fraction of sp³-hybridized carbons (Fsp3) is 0.273. The van der Waals surface area contributed by atoms with Crippen LogP contribution in [0.2, 0.25) is 0 Å². The standard InChI is InChI=1S/C11H12N2O3/c1-16-9-5-3-2-4-8(9)13-7-6-10(14)12-11(13)15/h2-5H,6-7H2,1H3,(H,12,14,15). The van der Waals surface area contributed by atoms with Gasteiger partial charge in [-0.1, -0.05) is 12.1 Å². The summed E-state index contributed by atoms with van der Waals surface area (Å²) in [5.74, 6) is 0.378. The largest absolute Gasteiger partial charge is 0.495 e. The Morgan fingerprint density at radius 3 is 2.75 bits per heavy atom. The molecule has 0 atom stereocenters. The molecule has 1 aliphatic rings. The molecule has 0 radical (unpaired) electrons. The van der Waals surface area contributed by atoms with Gasteiger partial charge in [0.2, 0.25) is 5.91 Å². The van der Waals surface area contributed by atoms with Gasteiger partial charge in [-0.15, -0.1) is 0 Å². The third-order valence-electron chi connectivity index (χ3n) is 2.43. The number of imide groups is 1. The average molecular weight is 220 g/mol. The molecule has 0 saturated carbocycles. The number of methoxy groups -OCH3 is 1. The molecule has 0 spiro atoms. The van der Waals surface area contributed by atoms with Crippen molar-refractivity contribution >= 4 is 17.6 Å². The number of hydrogen-bond donors (Lipinski definition) is 1. The number of nitrogens with one attached hydrogen (secondary N) is 1. The van der Waals surface area contributed by atoms with E-state index in [0.29, 0.717) is 24.4 Å². The summed E-state index contributed by atoms with van der Waals surface area (Å²) in [5, 5.41) is 2.27. The Morgan fingerprint density at radius 1 is 1.31 bits per heavy atom. The van der Waals surface area contributed by atoms with Crippen LogP contribution < -0.4 is 15.0 Å². The summed E-state index contributed by atoms with van der Waals surface area (Å²) in [5.41, 5.74) is 0.676. The number of para-hydroxylation sites is 2. The highest BCUT2D eigenvalue weighted by molar-refractivity contribution is 6.06. The number of carbonyl (C=O) groups is 2. The topological polar surface area (TPSA) is 58.6 Å². The highest BCUT2D eigenvalue weighted by Crippen LogP contribution is 2.28. The summed E-state index contributed by atoms with van der Waals surface area (Å²) in [6, 6.07) is 6.81. The van der Waals surface area contributed by atoms with Crippen LogP contribution in [-0.4, -0.2) is 25.6 Å². The molecule has 1 aliphatic heterocycles. The van der Waals surface area contributed by atoms with Gasteiger partial charge in [0.1, 0.15) is 5.75 Å². The van der Waals surface area contributed by atoms with Crippen molar-refractivity contribution in [3.05, 3.63) is 24.3 Å². The first-order valence-electron chi connectivity index (χ1n) is 4.96. The number of amides is 3. The van der Waals surface area contributed by atoms with Crippen LogP contribution in [0.3, 0.4) is 0 Å². The highest BCUT2D eigenvalue weighted by Gasteiger charge is 2.25. The second-order valence-electron chi connectivity index (χ2n) is 3.43. The normalized spacial score (nSPS) is 15.9. The zero-order valence-corrected chi connectivity index (χ0v) is 8.90. The van der Waals surface area contributed by atoms with E-state index in [1.807, 2.05) is 12.1 Å². The number of anilines is 1. The third kappa shape index (κ3) is 1.84. The molecule has 5 heteroatoms. The van der Waals surface area contributed by atoms with Crippen molar-refractivity contribution in [3.63, 3.8) is 0 Å². The van der Waals surface area contributed by atoms with Crippen molar-refractivity contribution in [1.82, 2.24) is 5.32 Å². The van der Waals surface area contributed by atoms with Gasteiger partial charge in [0.25, 0.3) is 0 Å². The predicted octanol–water partition coefficient (Wildman–Crippen LogP) is 1.14. The summed E-state index contributed by atoms with van der Waals surface area (Å²) in [6.45, 7) is 0.380. The fourth-order valence-electron chi connectivity index (χ4n) is 1.65. The van der Waals surface area contributed by atoms with Gasteiger partial charge in [0, 0.05) is 13.0 Å². The van der Waals surface area contributed by atoms with Crippen molar-refractivity contribution in [2.24, 2.45) is 0 Å². The first-order valence-corrected chi connectivity index (χ1v) is 4.96. The molecule has 2 rings (SSSR count). The molecule has 0 unspecified atom stereocenters. The molecule has 16 heavy (non-hydrogen) atoms. The van der Waals surface area contributed by atoms with Crippen LogP contribution >= 0.6 is 0 Å². The molecule has 1 aromatic carbocycles. The van der Waals surface area contributed by atoms with Crippen molar-refractivity contribution in [2.75, 3.05) is 18.6 Å². The molecule has 1 fully saturated rings. The first kappa shape index (κ1) is 10.5. The Bertz CT molecular complexity index is 431. The Kier molecular flexibility index (Phi) is 2.76. The van der Waals surface area contributed by atoms with Crippen LogP contribution in [0.4, 0.5) is 10.5 Å². The smallest absolute Gasteiger partial charge is 0.328 e. The highest BCUT2D eigenvalue weighted by atomic mass is 16.5. The number of rotatable bonds is 2. The van der Waals surface area contributed by atoms with E-state index in [1.54, 1.807) is 19.2 Å². The molecule has 0 aliphatic carbocycles. The lowest BCUT2D eigenvalue weighted by Gasteiger charge is -2.27. The first-order chi connectivity index (χ1) is 7.72. The van der Waals surface area contributed by atoms with Crippen molar-refractivity contribution in [1.29, 1.82) is 0 Å². The van der Waals surface area contributed by atoms with Gasteiger partial charge in [-0.05, 0) is 12.1 Å². The minimum atomic E-state index is -0.402. The predicted molar refractivity (Wildman–Crippen MR) is 58.5 cm³/mol. The summed E-state index contributed by atoms with van der Waals surface area (Å²) >= 11 is 0. The lowest BCUT2D eigenvalue weighted by Crippen LogP contribution is -2.49. The molecule has 84 valence electrons. The zero-order chi connectivity index (χ0) is 11.5. The summed E-state index contributed by atoms with van der Waals surface area (Å²) in [4.78, 5) is 24.1. The second-order valence-corrected chi connectivity index (χ2v) is 3.43. The van der Waals surface area contributed by atoms with E-state index in [-0.39, 0.29) is 5.91 Å². The van der Waals surface area contributed by atoms with Crippen LogP contribution in [0.5, 0.6) is 5.75 Å². The van der Waals surface area contributed by atoms with Gasteiger partial charge in [-0.25, -0.2) is 4.79 Å². The van der Waals surface area contributed by atoms with E-state index >= 15 is 0 Å². The van der Waals surface area contributed by atoms with E-state index < -0.39 is 6.03 Å². The van der Waals surface area contributed by atoms with Crippen LogP contribution in [0, 0.1) is 0 Å². The monoisotopic (exact) mass is 220 g/mol. The number of benzene rings is 1. The molecule has 5 nitrogen and oxygen atoms in total. The van der Waals surface area contributed by atoms with E-state index in [0.717, 1.165) is 0 Å². The lowest BCUT2D eigenvalue weighted by molar-refractivity contribution is -0.120. The Labute approximate surface area is 93.0 Å². The SMILES string of the molecule is COc1ccccc1N1CCC(=O)NC1=O. The van der Waals surface area contributed by atoms with Gasteiger partial charge in [0.15, 0.2) is 0 Å². The third-order valence-corrected chi connectivity index (χ3v) is 2.43. The van der Waals surface area contributed by atoms with Gasteiger partial charge in [-0.2, -0.15) is 0 Å². The Hall–Kier alpha value is -2.04. The zero-order valence-electron chi connectivity index (χ0n) is 8.90. The maximum absolute atomic E-state index is 11.6. The van der Waals surface area contributed by atoms with Crippen molar-refractivity contribution in [2.45, 2.75) is 6.42 Å². The average Bonchev–Trinajstić information content (AvgIpc) is 2.29. The van der Waals surface area contributed by atoms with Crippen molar-refractivity contribution < 1.29 is 14.3 Å². The maximum Gasteiger partial charge on any atom is 0.328 e. The van der Waals surface area contributed by atoms with Crippen LogP contribution in [-0.2, 0) is 4.79 Å². The molecule has 0 bridgehead atoms. The summed E-state index contributed by atoms with van der Waals surface area (Å²) in [7, 11) is 1.55. The number of hydrogen-bond acceptors (Lipinski definition) is 3. The van der Waals surface area contributed by atoms with Gasteiger partial charge >= 0.3 is 6.03 Å². The molecule has 1 heterocycles. The van der Waals surface area contributed by atoms with Gasteiger partial charge < -0.3 is 4.74 Å². The van der Waals surface area contributed by atoms with E-state index in [1.165, 1.54) is 4.90 Å². The van der Waals surface area contributed by atoms with E-state index in [4.69, 9.17) is 4.74 Å². The van der Waals surface area contributed by atoms with Crippen LogP contribution in [0.15, 0.2) is 24.3 Å². The molecule has 3 amide bonds. The Balaban J connectivity index is 2.30. The molecule has 1 aromatic rings. The summed E-state index contributed by atoms with van der Waals surface area (Å²) in [6.07, 6.45) is 0.309. The number of nitrogens with zero attached hydrogens (tertiary/aromatic N) is 1. The van der Waals surface area contributed by atoms with Crippen LogP contribution in [0.1, 0.15) is 6.42 Å². The van der Waals surface area contributed by atoms with Gasteiger partial charge in [0.05, 0.1) is 12.8 Å². The minimum Gasteiger partial charge on any atom is -0.495 e. The molecular weight excluding hydrogens is 208 g/mol. The molecule has 1 saturated heterocycles. The van der Waals surface area contributed by atoms with Crippen molar-refractivity contribution in [3.8, 4) is 5.75 Å². The maximum atomic E-state index is 11.6. The second kappa shape index (κ2) is 4.22. The molecule has 1 N–H and O–H groups in total. The Morgan fingerprint density at radius 2 is 2.06 bits per heavy atom. The minimum absolute atomic E-state index is 0.240. The quantitative estimate of drug-likeness (QED) is 0.813. The van der Waals surface area contributed by atoms with E-state index in [9.17, 15) is 9.59 Å². The fourth-order valence-corrected chi connectivity index (χ4v) is 1.65. The lowest BCUT2D eigenvalue weighted by atomic mass is 10.2. The number of urea groups is 1. The number of carbonyl (C=O) groups excluding carboxylic acids is 2. The molecular formula is C11H12N2O3. The summed E-state index contributed by atoms with van der Waals surface area (Å²) < 4.78 is 5.17. The van der Waals surface area contributed by atoms with Crippen LogP contribution in [0.25, 0.3) is 0 Å². The van der Waals surface area contributed by atoms with Gasteiger partial charge in [-0.3, -0.25) is 15.0 Å².